The number of hydrogen-bond acceptors (Lipinski definition) is 8. The SMILES string of the molecule is CCOC(=O)c1ccc(NC(=O)CCNc2cc(Cl)ncn2)cc1.c1cncnc1. The molecule has 2 heterocycles. The molecule has 0 fully saturated rings. The summed E-state index contributed by atoms with van der Waals surface area (Å²) < 4.78 is 4.90. The monoisotopic (exact) mass is 428 g/mol. The number of aromatic nitrogens is 4. The third kappa shape index (κ3) is 8.61. The number of amides is 1. The van der Waals surface area contributed by atoms with E-state index in [1.54, 1.807) is 55.7 Å². The molecule has 10 heteroatoms. The lowest BCUT2D eigenvalue weighted by Gasteiger charge is -2.08. The van der Waals surface area contributed by atoms with Crippen LogP contribution in [-0.4, -0.2) is 45.0 Å². The fourth-order valence-electron chi connectivity index (χ4n) is 2.12. The number of ether oxygens (including phenoxy) is 1. The Kier molecular flexibility index (Phi) is 9.67. The molecule has 0 atom stereocenters. The molecule has 0 saturated heterocycles. The fourth-order valence-corrected chi connectivity index (χ4v) is 2.26. The first-order valence-corrected chi connectivity index (χ1v) is 9.44. The highest BCUT2D eigenvalue weighted by molar-refractivity contribution is 6.29. The van der Waals surface area contributed by atoms with Gasteiger partial charge in [0.1, 0.15) is 23.6 Å². The van der Waals surface area contributed by atoms with Crippen molar-refractivity contribution >= 4 is 35.0 Å². The zero-order chi connectivity index (χ0) is 21.6. The van der Waals surface area contributed by atoms with Gasteiger partial charge in [0.05, 0.1) is 12.2 Å². The minimum absolute atomic E-state index is 0.161. The van der Waals surface area contributed by atoms with E-state index in [0.717, 1.165) is 0 Å². The van der Waals surface area contributed by atoms with Crippen LogP contribution in [0.3, 0.4) is 0 Å². The molecular weight excluding hydrogens is 408 g/mol. The van der Waals surface area contributed by atoms with Crippen molar-refractivity contribution in [2.45, 2.75) is 13.3 Å². The summed E-state index contributed by atoms with van der Waals surface area (Å²) in [5.74, 6) is 0.0104. The van der Waals surface area contributed by atoms with E-state index in [0.29, 0.717) is 35.4 Å². The van der Waals surface area contributed by atoms with Gasteiger partial charge in [-0.15, -0.1) is 0 Å². The summed E-state index contributed by atoms with van der Waals surface area (Å²) in [4.78, 5) is 38.5. The summed E-state index contributed by atoms with van der Waals surface area (Å²) in [5, 5.41) is 6.06. The first-order valence-electron chi connectivity index (χ1n) is 9.07. The molecule has 0 aliphatic carbocycles. The highest BCUT2D eigenvalue weighted by Gasteiger charge is 2.07. The second-order valence-electron chi connectivity index (χ2n) is 5.65. The van der Waals surface area contributed by atoms with E-state index in [-0.39, 0.29) is 18.3 Å². The molecule has 2 N–H and O–H groups in total. The minimum Gasteiger partial charge on any atom is -0.462 e. The zero-order valence-electron chi connectivity index (χ0n) is 16.3. The number of hydrogen-bond donors (Lipinski definition) is 2. The predicted octanol–water partition coefficient (Wildman–Crippen LogP) is 3.22. The smallest absolute Gasteiger partial charge is 0.338 e. The molecule has 0 radical (unpaired) electrons. The predicted molar refractivity (Wildman–Crippen MR) is 113 cm³/mol. The molecule has 156 valence electrons. The van der Waals surface area contributed by atoms with Crippen LogP contribution >= 0.6 is 11.6 Å². The summed E-state index contributed by atoms with van der Waals surface area (Å²) in [6, 6.07) is 9.88. The van der Waals surface area contributed by atoms with E-state index in [2.05, 4.69) is 30.6 Å². The number of nitrogens with zero attached hydrogens (tertiary/aromatic N) is 4. The third-order valence-electron chi connectivity index (χ3n) is 3.45. The second-order valence-corrected chi connectivity index (χ2v) is 6.04. The molecule has 0 unspecified atom stereocenters. The van der Waals surface area contributed by atoms with Gasteiger partial charge >= 0.3 is 5.97 Å². The van der Waals surface area contributed by atoms with Gasteiger partial charge in [-0.05, 0) is 37.3 Å². The van der Waals surface area contributed by atoms with Crippen LogP contribution in [0, 0.1) is 0 Å². The Balaban J connectivity index is 0.000000456. The van der Waals surface area contributed by atoms with Gasteiger partial charge < -0.3 is 15.4 Å². The Morgan fingerprint density at radius 2 is 1.80 bits per heavy atom. The first-order chi connectivity index (χ1) is 14.6. The number of carbonyl (C=O) groups excluding carboxylic acids is 2. The highest BCUT2D eigenvalue weighted by Crippen LogP contribution is 2.11. The maximum Gasteiger partial charge on any atom is 0.338 e. The summed E-state index contributed by atoms with van der Waals surface area (Å²) in [6.07, 6.45) is 6.47. The molecule has 3 rings (SSSR count). The van der Waals surface area contributed by atoms with E-state index in [9.17, 15) is 9.59 Å². The summed E-state index contributed by atoms with van der Waals surface area (Å²) in [7, 11) is 0. The number of carbonyl (C=O) groups is 2. The topological polar surface area (TPSA) is 119 Å². The van der Waals surface area contributed by atoms with Crippen LogP contribution < -0.4 is 10.6 Å². The van der Waals surface area contributed by atoms with Crippen molar-refractivity contribution < 1.29 is 14.3 Å². The summed E-state index contributed by atoms with van der Waals surface area (Å²) >= 11 is 5.75. The number of esters is 1. The molecule has 30 heavy (non-hydrogen) atoms. The molecule has 3 aromatic rings. The van der Waals surface area contributed by atoms with Gasteiger partial charge in [-0.25, -0.2) is 24.7 Å². The van der Waals surface area contributed by atoms with Crippen LogP contribution in [0.4, 0.5) is 11.5 Å². The Morgan fingerprint density at radius 3 is 2.37 bits per heavy atom. The van der Waals surface area contributed by atoms with Gasteiger partial charge in [0.25, 0.3) is 0 Å². The third-order valence-corrected chi connectivity index (χ3v) is 3.66. The van der Waals surface area contributed by atoms with Gasteiger partial charge in [0.15, 0.2) is 0 Å². The fraction of sp³-hybridized carbons (Fsp3) is 0.200. The zero-order valence-corrected chi connectivity index (χ0v) is 17.0. The van der Waals surface area contributed by atoms with Gasteiger partial charge in [0.2, 0.25) is 5.91 Å². The highest BCUT2D eigenvalue weighted by atomic mass is 35.5. The minimum atomic E-state index is -0.386. The molecule has 0 saturated carbocycles. The molecule has 9 nitrogen and oxygen atoms in total. The number of rotatable bonds is 7. The standard InChI is InChI=1S/C16H17ClN4O3.C4H4N2/c1-2-24-16(23)11-3-5-12(6-4-11)21-15(22)7-8-18-14-9-13(17)19-10-20-14;1-2-5-4-6-3-1/h3-6,9-10H,2,7-8H2,1H3,(H,21,22)(H,18,19,20);1-4H. The van der Waals surface area contributed by atoms with Gasteiger partial charge in [0, 0.05) is 37.1 Å². The number of benzene rings is 1. The normalized spacial score (nSPS) is 9.67. The van der Waals surface area contributed by atoms with Gasteiger partial charge in [-0.1, -0.05) is 11.6 Å². The Morgan fingerprint density at radius 1 is 1.07 bits per heavy atom. The lowest BCUT2D eigenvalue weighted by Crippen LogP contribution is -2.16. The molecular formula is C20H21ClN6O3. The van der Waals surface area contributed by atoms with Crippen molar-refractivity contribution in [1.82, 2.24) is 19.9 Å². The average molecular weight is 429 g/mol. The maximum absolute atomic E-state index is 11.9. The largest absolute Gasteiger partial charge is 0.462 e. The Bertz CT molecular complexity index is 899. The van der Waals surface area contributed by atoms with Gasteiger partial charge in [-0.3, -0.25) is 4.79 Å². The Labute approximate surface area is 178 Å². The lowest BCUT2D eigenvalue weighted by molar-refractivity contribution is -0.115. The van der Waals surface area contributed by atoms with Crippen LogP contribution in [0.25, 0.3) is 0 Å². The van der Waals surface area contributed by atoms with Crippen LogP contribution in [0.5, 0.6) is 0 Å². The Hall–Kier alpha value is -3.59. The molecule has 0 spiro atoms. The van der Waals surface area contributed by atoms with Crippen molar-refractivity contribution in [3.63, 3.8) is 0 Å². The van der Waals surface area contributed by atoms with Crippen molar-refractivity contribution in [3.8, 4) is 0 Å². The maximum atomic E-state index is 11.9. The molecule has 2 aromatic heterocycles. The van der Waals surface area contributed by atoms with E-state index in [4.69, 9.17) is 16.3 Å². The van der Waals surface area contributed by atoms with Crippen LogP contribution in [-0.2, 0) is 9.53 Å². The quantitative estimate of drug-likeness (QED) is 0.435. The molecule has 0 bridgehead atoms. The molecule has 1 aromatic carbocycles. The van der Waals surface area contributed by atoms with E-state index >= 15 is 0 Å². The van der Waals surface area contributed by atoms with Crippen molar-refractivity contribution in [2.24, 2.45) is 0 Å². The van der Waals surface area contributed by atoms with Crippen LogP contribution in [0.2, 0.25) is 5.15 Å². The second kappa shape index (κ2) is 12.8. The number of anilines is 2. The molecule has 0 aliphatic rings. The van der Waals surface area contributed by atoms with E-state index in [1.165, 1.54) is 12.7 Å². The average Bonchev–Trinajstić information content (AvgIpc) is 2.76. The first kappa shape index (κ1) is 22.7. The number of nitrogens with one attached hydrogen (secondary N) is 2. The summed E-state index contributed by atoms with van der Waals surface area (Å²) in [6.45, 7) is 2.47. The van der Waals surface area contributed by atoms with Crippen molar-refractivity contribution in [1.29, 1.82) is 0 Å². The van der Waals surface area contributed by atoms with E-state index < -0.39 is 0 Å². The molecule has 1 amide bonds. The van der Waals surface area contributed by atoms with Crippen molar-refractivity contribution in [3.05, 3.63) is 72.2 Å². The van der Waals surface area contributed by atoms with E-state index in [1.807, 2.05) is 0 Å². The van der Waals surface area contributed by atoms with Gasteiger partial charge in [-0.2, -0.15) is 0 Å². The number of halogens is 1. The summed E-state index contributed by atoms with van der Waals surface area (Å²) in [5.41, 5.74) is 1.05. The van der Waals surface area contributed by atoms with Crippen LogP contribution in [0.1, 0.15) is 23.7 Å². The van der Waals surface area contributed by atoms with Crippen molar-refractivity contribution in [2.75, 3.05) is 23.8 Å². The lowest BCUT2D eigenvalue weighted by atomic mass is 10.2. The molecule has 0 aliphatic heterocycles. The van der Waals surface area contributed by atoms with Crippen LogP contribution in [0.15, 0.2) is 61.4 Å².